The number of hydrogen-bond acceptors (Lipinski definition) is 3. The van der Waals surface area contributed by atoms with Crippen molar-refractivity contribution in [3.05, 3.63) is 23.0 Å². The second kappa shape index (κ2) is 5.82. The van der Waals surface area contributed by atoms with Gasteiger partial charge in [-0.3, -0.25) is 0 Å². The molecule has 2 unspecified atom stereocenters. The van der Waals surface area contributed by atoms with Crippen LogP contribution in [0.2, 0.25) is 0 Å². The highest BCUT2D eigenvalue weighted by Crippen LogP contribution is 2.37. The molecule has 0 aliphatic carbocycles. The molecule has 0 aromatic carbocycles. The van der Waals surface area contributed by atoms with Gasteiger partial charge in [0.2, 0.25) is 0 Å². The number of aromatic nitrogens is 1. The van der Waals surface area contributed by atoms with Gasteiger partial charge >= 0.3 is 0 Å². The number of rotatable bonds is 4. The van der Waals surface area contributed by atoms with Crippen molar-refractivity contribution in [2.75, 3.05) is 13.6 Å². The molecule has 2 atom stereocenters. The van der Waals surface area contributed by atoms with Gasteiger partial charge in [0.1, 0.15) is 11.8 Å². The maximum Gasteiger partial charge on any atom is 0.120 e. The van der Waals surface area contributed by atoms with E-state index in [0.717, 1.165) is 36.8 Å². The predicted octanol–water partition coefficient (Wildman–Crippen LogP) is 2.17. The molecule has 114 valence electrons. The smallest absolute Gasteiger partial charge is 0.120 e. The zero-order valence-electron chi connectivity index (χ0n) is 13.4. The highest BCUT2D eigenvalue weighted by molar-refractivity contribution is 5.34. The van der Waals surface area contributed by atoms with Gasteiger partial charge in [-0.15, -0.1) is 0 Å². The van der Waals surface area contributed by atoms with Crippen molar-refractivity contribution in [1.29, 1.82) is 5.26 Å². The van der Waals surface area contributed by atoms with Crippen LogP contribution < -0.4 is 5.32 Å². The van der Waals surface area contributed by atoms with Crippen LogP contribution in [-0.2, 0) is 13.6 Å². The van der Waals surface area contributed by atoms with Gasteiger partial charge in [-0.1, -0.05) is 0 Å². The first kappa shape index (κ1) is 14.6. The molecule has 21 heavy (non-hydrogen) atoms. The van der Waals surface area contributed by atoms with Crippen molar-refractivity contribution >= 4 is 0 Å². The van der Waals surface area contributed by atoms with Gasteiger partial charge in [0.15, 0.2) is 0 Å². The second-order valence-electron chi connectivity index (χ2n) is 6.83. The first-order valence-electron chi connectivity index (χ1n) is 8.08. The fourth-order valence-electron chi connectivity index (χ4n) is 4.15. The Bertz CT molecular complexity index is 540. The van der Waals surface area contributed by atoms with Gasteiger partial charge in [0.05, 0.1) is 0 Å². The molecular formula is C17H26N4. The van der Waals surface area contributed by atoms with Crippen LogP contribution in [0.3, 0.4) is 0 Å². The van der Waals surface area contributed by atoms with Crippen molar-refractivity contribution in [3.8, 4) is 6.07 Å². The fraction of sp³-hybridized carbons (Fsp3) is 0.706. The summed E-state index contributed by atoms with van der Waals surface area (Å²) in [6.07, 6.45) is 5.47. The van der Waals surface area contributed by atoms with Crippen molar-refractivity contribution in [3.63, 3.8) is 0 Å². The monoisotopic (exact) mass is 286 g/mol. The lowest BCUT2D eigenvalue weighted by molar-refractivity contribution is 0.133. The van der Waals surface area contributed by atoms with E-state index < -0.39 is 0 Å². The van der Waals surface area contributed by atoms with Gasteiger partial charge in [-0.2, -0.15) is 5.26 Å². The summed E-state index contributed by atoms with van der Waals surface area (Å²) in [5.74, 6) is 0.818. The maximum absolute atomic E-state index is 9.08. The third-order valence-corrected chi connectivity index (χ3v) is 5.70. The van der Waals surface area contributed by atoms with Gasteiger partial charge in [0, 0.05) is 31.4 Å². The van der Waals surface area contributed by atoms with Crippen molar-refractivity contribution < 1.29 is 0 Å². The first-order chi connectivity index (χ1) is 10.1. The summed E-state index contributed by atoms with van der Waals surface area (Å²) in [5.41, 5.74) is 3.20. The molecule has 1 aromatic rings. The largest absolute Gasteiger partial charge is 0.340 e. The molecule has 2 bridgehead atoms. The van der Waals surface area contributed by atoms with Gasteiger partial charge in [-0.25, -0.2) is 0 Å². The Morgan fingerprint density at radius 2 is 1.95 bits per heavy atom. The van der Waals surface area contributed by atoms with Gasteiger partial charge in [-0.05, 0) is 63.7 Å². The summed E-state index contributed by atoms with van der Waals surface area (Å²) >= 11 is 0. The lowest BCUT2D eigenvalue weighted by Gasteiger charge is -2.36. The lowest BCUT2D eigenvalue weighted by Crippen LogP contribution is -2.42. The van der Waals surface area contributed by atoms with Crippen LogP contribution in [0.25, 0.3) is 0 Å². The predicted molar refractivity (Wildman–Crippen MR) is 83.9 cm³/mol. The minimum Gasteiger partial charge on any atom is -0.340 e. The zero-order valence-corrected chi connectivity index (χ0v) is 13.4. The van der Waals surface area contributed by atoms with Gasteiger partial charge in [0.25, 0.3) is 0 Å². The third-order valence-electron chi connectivity index (χ3n) is 5.70. The van der Waals surface area contributed by atoms with Crippen LogP contribution in [0, 0.1) is 24.2 Å². The Morgan fingerprint density at radius 3 is 2.52 bits per heavy atom. The molecule has 2 fully saturated rings. The second-order valence-corrected chi connectivity index (χ2v) is 6.83. The molecule has 3 heterocycles. The SMILES string of the molecule is Cc1c(CNCC2CC3CCC(C2)N3C)cc(C#N)n1C. The zero-order chi connectivity index (χ0) is 15.0. The minimum absolute atomic E-state index is 0.752. The summed E-state index contributed by atoms with van der Waals surface area (Å²) in [7, 11) is 4.26. The number of nitrogens with zero attached hydrogens (tertiary/aromatic N) is 3. The van der Waals surface area contributed by atoms with Crippen LogP contribution >= 0.6 is 0 Å². The van der Waals surface area contributed by atoms with Crippen LogP contribution in [0.5, 0.6) is 0 Å². The van der Waals surface area contributed by atoms with E-state index in [2.05, 4.69) is 30.3 Å². The van der Waals surface area contributed by atoms with E-state index in [-0.39, 0.29) is 0 Å². The Kier molecular flexibility index (Phi) is 4.05. The Labute approximate surface area is 127 Å². The molecule has 0 spiro atoms. The number of hydrogen-bond donors (Lipinski definition) is 1. The van der Waals surface area contributed by atoms with E-state index in [1.165, 1.54) is 36.9 Å². The molecular weight excluding hydrogens is 260 g/mol. The molecule has 1 N–H and O–H groups in total. The minimum atomic E-state index is 0.752. The van der Waals surface area contributed by atoms with E-state index >= 15 is 0 Å². The molecule has 3 rings (SSSR count). The summed E-state index contributed by atoms with van der Waals surface area (Å²) in [4.78, 5) is 2.59. The average Bonchev–Trinajstić information content (AvgIpc) is 2.85. The van der Waals surface area contributed by atoms with Crippen molar-refractivity contribution in [2.24, 2.45) is 13.0 Å². The Balaban J connectivity index is 1.52. The van der Waals surface area contributed by atoms with Gasteiger partial charge < -0.3 is 14.8 Å². The molecule has 2 aliphatic rings. The average molecular weight is 286 g/mol. The van der Waals surface area contributed by atoms with E-state index in [1.54, 1.807) is 0 Å². The van der Waals surface area contributed by atoms with Crippen molar-refractivity contribution in [1.82, 2.24) is 14.8 Å². The van der Waals surface area contributed by atoms with Crippen LogP contribution in [-0.4, -0.2) is 35.1 Å². The van der Waals surface area contributed by atoms with Crippen molar-refractivity contribution in [2.45, 2.75) is 51.2 Å². The maximum atomic E-state index is 9.08. The molecule has 0 saturated carbocycles. The summed E-state index contributed by atoms with van der Waals surface area (Å²) in [6, 6.07) is 5.90. The molecule has 0 amide bonds. The van der Waals surface area contributed by atoms with Crippen LogP contribution in [0.1, 0.15) is 42.6 Å². The summed E-state index contributed by atoms with van der Waals surface area (Å²) < 4.78 is 1.98. The van der Waals surface area contributed by atoms with E-state index in [0.29, 0.717) is 0 Å². The first-order valence-corrected chi connectivity index (χ1v) is 8.08. The molecule has 0 radical (unpaired) electrons. The van der Waals surface area contributed by atoms with Crippen LogP contribution in [0.15, 0.2) is 6.07 Å². The summed E-state index contributed by atoms with van der Waals surface area (Å²) in [5, 5.41) is 12.7. The third kappa shape index (κ3) is 2.73. The van der Waals surface area contributed by atoms with E-state index in [4.69, 9.17) is 5.26 Å². The molecule has 1 aromatic heterocycles. The van der Waals surface area contributed by atoms with Crippen LogP contribution in [0.4, 0.5) is 0 Å². The summed E-state index contributed by atoms with van der Waals surface area (Å²) in [6.45, 7) is 4.08. The topological polar surface area (TPSA) is 44.0 Å². The van der Waals surface area contributed by atoms with E-state index in [9.17, 15) is 0 Å². The lowest BCUT2D eigenvalue weighted by atomic mass is 9.91. The fourth-order valence-corrected chi connectivity index (χ4v) is 4.15. The quantitative estimate of drug-likeness (QED) is 0.922. The highest BCUT2D eigenvalue weighted by atomic mass is 15.2. The van der Waals surface area contributed by atoms with E-state index in [1.807, 2.05) is 17.7 Å². The number of piperidine rings is 1. The molecule has 2 saturated heterocycles. The normalized spacial score (nSPS) is 28.8. The Morgan fingerprint density at radius 1 is 1.29 bits per heavy atom. The molecule has 2 aliphatic heterocycles. The number of fused-ring (bicyclic) bond motifs is 2. The number of nitrogens with one attached hydrogen (secondary N) is 1. The molecule has 4 heteroatoms. The standard InChI is InChI=1S/C17H26N4/c1-12-14(8-17(9-18)20(12)2)11-19-10-13-6-15-4-5-16(7-13)21(15)3/h8,13,15-16,19H,4-7,10-11H2,1-3H3. The molecule has 4 nitrogen and oxygen atoms in total. The number of nitriles is 1. The highest BCUT2D eigenvalue weighted by Gasteiger charge is 2.37. The Hall–Kier alpha value is -1.31.